The van der Waals surface area contributed by atoms with E-state index in [1.165, 1.54) is 24.6 Å². The fourth-order valence-electron chi connectivity index (χ4n) is 1.07. The highest BCUT2D eigenvalue weighted by Crippen LogP contribution is 2.24. The fourth-order valence-corrected chi connectivity index (χ4v) is 1.94. The van der Waals surface area contributed by atoms with Crippen LogP contribution in [0.3, 0.4) is 0 Å². The molecule has 5 nitrogen and oxygen atoms in total. The Hall–Kier alpha value is -1.27. The summed E-state index contributed by atoms with van der Waals surface area (Å²) in [6.45, 7) is 0. The van der Waals surface area contributed by atoms with Crippen molar-refractivity contribution in [1.82, 2.24) is 0 Å². The summed E-state index contributed by atoms with van der Waals surface area (Å²) in [6, 6.07) is 4.43. The lowest BCUT2D eigenvalue weighted by Crippen LogP contribution is -2.12. The molecule has 0 saturated carbocycles. The highest BCUT2D eigenvalue weighted by atomic mass is 35.5. The number of benzene rings is 1. The van der Waals surface area contributed by atoms with Crippen LogP contribution in [-0.2, 0) is 14.8 Å². The van der Waals surface area contributed by atoms with Gasteiger partial charge in [0.25, 0.3) is 0 Å². The minimum Gasteiger partial charge on any atom is -0.369 e. The first-order valence-corrected chi connectivity index (χ1v) is 6.46. The standard InChI is InChI=1S/C9H10ClN2O3S/c1-16(14,15)12-8-3-2-6(4-7(8)10)5-9(11)13/h2-5,12H,1H3,(H2,11,13). The molecule has 3 N–H and O–H groups in total. The van der Waals surface area contributed by atoms with Crippen LogP contribution in [0, 0.1) is 6.42 Å². The van der Waals surface area contributed by atoms with Crippen molar-refractivity contribution in [3.05, 3.63) is 35.2 Å². The maximum Gasteiger partial charge on any atom is 0.229 e. The predicted octanol–water partition coefficient (Wildman–Crippen LogP) is 0.749. The largest absolute Gasteiger partial charge is 0.369 e. The number of halogens is 1. The van der Waals surface area contributed by atoms with Crippen LogP contribution in [-0.4, -0.2) is 20.6 Å². The van der Waals surface area contributed by atoms with Crippen molar-refractivity contribution < 1.29 is 13.2 Å². The summed E-state index contributed by atoms with van der Waals surface area (Å²) < 4.78 is 24.2. The van der Waals surface area contributed by atoms with Gasteiger partial charge in [-0.25, -0.2) is 8.42 Å². The molecule has 0 aliphatic carbocycles. The molecule has 87 valence electrons. The van der Waals surface area contributed by atoms with Gasteiger partial charge in [0.15, 0.2) is 0 Å². The summed E-state index contributed by atoms with van der Waals surface area (Å²) in [5, 5.41) is 0.195. The maximum absolute atomic E-state index is 11.0. The molecule has 0 fully saturated rings. The first-order valence-electron chi connectivity index (χ1n) is 4.19. The normalized spacial score (nSPS) is 11.1. The fraction of sp³-hybridized carbons (Fsp3) is 0.111. The van der Waals surface area contributed by atoms with Gasteiger partial charge in [-0.3, -0.25) is 9.52 Å². The number of nitrogens with one attached hydrogen (secondary N) is 1. The molecule has 1 aromatic carbocycles. The van der Waals surface area contributed by atoms with Crippen LogP contribution in [0.15, 0.2) is 18.2 Å². The smallest absolute Gasteiger partial charge is 0.229 e. The minimum atomic E-state index is -3.37. The number of carbonyl (C=O) groups is 1. The zero-order valence-corrected chi connectivity index (χ0v) is 9.97. The molecular formula is C9H10ClN2O3S. The van der Waals surface area contributed by atoms with E-state index in [-0.39, 0.29) is 10.7 Å². The molecule has 1 amide bonds. The second-order valence-electron chi connectivity index (χ2n) is 3.16. The Bertz CT molecular complexity index is 513. The van der Waals surface area contributed by atoms with Gasteiger partial charge < -0.3 is 5.73 Å². The van der Waals surface area contributed by atoms with E-state index in [1.807, 2.05) is 0 Å². The van der Waals surface area contributed by atoms with E-state index in [1.54, 1.807) is 0 Å². The number of sulfonamides is 1. The number of anilines is 1. The van der Waals surface area contributed by atoms with E-state index < -0.39 is 15.9 Å². The molecule has 0 aromatic heterocycles. The number of carbonyl (C=O) groups excluding carboxylic acids is 1. The zero-order chi connectivity index (χ0) is 12.3. The molecular weight excluding hydrogens is 252 g/mol. The molecule has 0 atom stereocenters. The molecule has 0 unspecified atom stereocenters. The SMILES string of the molecule is CS(=O)(=O)Nc1ccc([CH]C(N)=O)cc1Cl. The molecule has 1 aromatic rings. The first kappa shape index (κ1) is 12.8. The second kappa shape index (κ2) is 4.71. The number of nitrogens with two attached hydrogens (primary N) is 1. The molecule has 16 heavy (non-hydrogen) atoms. The monoisotopic (exact) mass is 261 g/mol. The van der Waals surface area contributed by atoms with E-state index in [4.69, 9.17) is 17.3 Å². The molecule has 0 aliphatic rings. The first-order chi connectivity index (χ1) is 7.28. The van der Waals surface area contributed by atoms with Gasteiger partial charge in [0.05, 0.1) is 23.4 Å². The second-order valence-corrected chi connectivity index (χ2v) is 5.32. The summed E-state index contributed by atoms with van der Waals surface area (Å²) in [5.41, 5.74) is 5.73. The average molecular weight is 262 g/mol. The summed E-state index contributed by atoms with van der Waals surface area (Å²) in [6.07, 6.45) is 2.21. The van der Waals surface area contributed by atoms with Gasteiger partial charge in [0, 0.05) is 0 Å². The molecule has 0 heterocycles. The van der Waals surface area contributed by atoms with Gasteiger partial charge >= 0.3 is 0 Å². The number of primary amides is 1. The van der Waals surface area contributed by atoms with Crippen molar-refractivity contribution >= 4 is 33.2 Å². The number of rotatable bonds is 4. The number of hydrogen-bond donors (Lipinski definition) is 2. The third-order valence-corrected chi connectivity index (χ3v) is 2.50. The van der Waals surface area contributed by atoms with Gasteiger partial charge in [0.1, 0.15) is 0 Å². The molecule has 0 bridgehead atoms. The Kier molecular flexibility index (Phi) is 3.77. The van der Waals surface area contributed by atoms with Crippen LogP contribution in [0.2, 0.25) is 5.02 Å². The van der Waals surface area contributed by atoms with Crippen molar-refractivity contribution in [2.45, 2.75) is 0 Å². The molecule has 1 rings (SSSR count). The van der Waals surface area contributed by atoms with Gasteiger partial charge in [-0.1, -0.05) is 17.7 Å². The Morgan fingerprint density at radius 2 is 2.12 bits per heavy atom. The number of hydrogen-bond acceptors (Lipinski definition) is 3. The van der Waals surface area contributed by atoms with Crippen LogP contribution in [0.1, 0.15) is 5.56 Å². The lowest BCUT2D eigenvalue weighted by atomic mass is 10.1. The Morgan fingerprint density at radius 3 is 2.56 bits per heavy atom. The Labute approximate surface area is 98.6 Å². The van der Waals surface area contributed by atoms with Gasteiger partial charge in [-0.15, -0.1) is 0 Å². The van der Waals surface area contributed by atoms with Crippen LogP contribution in [0.5, 0.6) is 0 Å². The quantitative estimate of drug-likeness (QED) is 0.838. The van der Waals surface area contributed by atoms with Crippen LogP contribution in [0.25, 0.3) is 0 Å². The zero-order valence-electron chi connectivity index (χ0n) is 8.40. The van der Waals surface area contributed by atoms with Crippen LogP contribution >= 0.6 is 11.6 Å². The highest BCUT2D eigenvalue weighted by Gasteiger charge is 2.08. The van der Waals surface area contributed by atoms with Gasteiger partial charge in [0.2, 0.25) is 15.9 Å². The summed E-state index contributed by atoms with van der Waals surface area (Å²) in [7, 11) is -3.37. The van der Waals surface area contributed by atoms with Crippen molar-refractivity contribution in [1.29, 1.82) is 0 Å². The lowest BCUT2D eigenvalue weighted by molar-refractivity contribution is -0.114. The minimum absolute atomic E-state index is 0.195. The van der Waals surface area contributed by atoms with Crippen LogP contribution < -0.4 is 10.5 Å². The molecule has 1 radical (unpaired) electrons. The molecule has 0 saturated heterocycles. The van der Waals surface area contributed by atoms with E-state index in [0.29, 0.717) is 5.56 Å². The lowest BCUT2D eigenvalue weighted by Gasteiger charge is -2.07. The van der Waals surface area contributed by atoms with Crippen molar-refractivity contribution in [2.75, 3.05) is 11.0 Å². The Balaban J connectivity index is 2.96. The summed E-state index contributed by atoms with van der Waals surface area (Å²) in [5.74, 6) is -0.597. The third-order valence-electron chi connectivity index (χ3n) is 1.60. The van der Waals surface area contributed by atoms with Crippen molar-refractivity contribution in [3.63, 3.8) is 0 Å². The highest BCUT2D eigenvalue weighted by molar-refractivity contribution is 7.92. The summed E-state index contributed by atoms with van der Waals surface area (Å²) >= 11 is 5.82. The van der Waals surface area contributed by atoms with E-state index in [0.717, 1.165) is 6.26 Å². The van der Waals surface area contributed by atoms with E-state index in [2.05, 4.69) is 4.72 Å². The summed E-state index contributed by atoms with van der Waals surface area (Å²) in [4.78, 5) is 10.6. The van der Waals surface area contributed by atoms with E-state index in [9.17, 15) is 13.2 Å². The van der Waals surface area contributed by atoms with Crippen molar-refractivity contribution in [2.24, 2.45) is 5.73 Å². The van der Waals surface area contributed by atoms with E-state index >= 15 is 0 Å². The Morgan fingerprint density at radius 1 is 1.50 bits per heavy atom. The molecule has 0 spiro atoms. The van der Waals surface area contributed by atoms with Gasteiger partial charge in [-0.2, -0.15) is 0 Å². The average Bonchev–Trinajstić information content (AvgIpc) is 2.06. The molecule has 7 heteroatoms. The maximum atomic E-state index is 11.0. The van der Waals surface area contributed by atoms with Crippen LogP contribution in [0.4, 0.5) is 5.69 Å². The topological polar surface area (TPSA) is 89.3 Å². The van der Waals surface area contributed by atoms with Gasteiger partial charge in [-0.05, 0) is 17.7 Å². The predicted molar refractivity (Wildman–Crippen MR) is 62.5 cm³/mol. The number of amides is 1. The third kappa shape index (κ3) is 4.08. The molecule has 0 aliphatic heterocycles. The van der Waals surface area contributed by atoms with Crippen molar-refractivity contribution in [3.8, 4) is 0 Å².